The third-order valence-electron chi connectivity index (χ3n) is 0.993. The van der Waals surface area contributed by atoms with Gasteiger partial charge in [0.25, 0.3) is 0 Å². The van der Waals surface area contributed by atoms with Crippen molar-refractivity contribution in [3.8, 4) is 6.07 Å². The van der Waals surface area contributed by atoms with E-state index in [1.807, 2.05) is 13.0 Å². The lowest BCUT2D eigenvalue weighted by Gasteiger charge is -2.05. The van der Waals surface area contributed by atoms with E-state index >= 15 is 0 Å². The molecule has 0 N–H and O–H groups in total. The second kappa shape index (κ2) is 7.14. The van der Waals surface area contributed by atoms with Crippen LogP contribution in [0.15, 0.2) is 11.5 Å². The molecule has 0 heterocycles. The standard InChI is InChI=1S/C8H11NOS2/c1-3-10-8(11)7(2)12-6-4-5-9/h2-4,6H2,1H3. The summed E-state index contributed by atoms with van der Waals surface area (Å²) in [7, 11) is 0. The van der Waals surface area contributed by atoms with Gasteiger partial charge in [0.05, 0.1) is 17.6 Å². The van der Waals surface area contributed by atoms with Crippen molar-refractivity contribution in [3.63, 3.8) is 0 Å². The quantitative estimate of drug-likeness (QED) is 0.389. The Morgan fingerprint density at radius 3 is 2.92 bits per heavy atom. The van der Waals surface area contributed by atoms with Gasteiger partial charge in [-0.25, -0.2) is 0 Å². The zero-order chi connectivity index (χ0) is 9.40. The molecule has 0 radical (unpaired) electrons. The monoisotopic (exact) mass is 201 g/mol. The molecular formula is C8H11NOS2. The molecule has 0 bridgehead atoms. The number of nitrogens with zero attached hydrogens (tertiary/aromatic N) is 1. The highest BCUT2D eigenvalue weighted by molar-refractivity contribution is 8.05. The van der Waals surface area contributed by atoms with Gasteiger partial charge in [-0.15, -0.1) is 11.8 Å². The average molecular weight is 201 g/mol. The van der Waals surface area contributed by atoms with Gasteiger partial charge in [0.15, 0.2) is 5.05 Å². The molecule has 2 nitrogen and oxygen atoms in total. The zero-order valence-corrected chi connectivity index (χ0v) is 8.63. The van der Waals surface area contributed by atoms with Crippen LogP contribution in [0.4, 0.5) is 0 Å². The van der Waals surface area contributed by atoms with Crippen molar-refractivity contribution >= 4 is 29.0 Å². The van der Waals surface area contributed by atoms with Crippen LogP contribution in [0.1, 0.15) is 13.3 Å². The first-order valence-electron chi connectivity index (χ1n) is 3.58. The molecule has 12 heavy (non-hydrogen) atoms. The molecule has 0 aliphatic carbocycles. The van der Waals surface area contributed by atoms with Crippen molar-refractivity contribution < 1.29 is 4.74 Å². The molecule has 0 spiro atoms. The van der Waals surface area contributed by atoms with Gasteiger partial charge in [-0.1, -0.05) is 6.58 Å². The van der Waals surface area contributed by atoms with E-state index in [2.05, 4.69) is 6.58 Å². The average Bonchev–Trinajstić information content (AvgIpc) is 2.05. The van der Waals surface area contributed by atoms with E-state index in [-0.39, 0.29) is 0 Å². The summed E-state index contributed by atoms with van der Waals surface area (Å²) in [4.78, 5) is 0.738. The predicted molar refractivity (Wildman–Crippen MR) is 56.1 cm³/mol. The van der Waals surface area contributed by atoms with E-state index in [9.17, 15) is 0 Å². The largest absolute Gasteiger partial charge is 0.483 e. The van der Waals surface area contributed by atoms with Crippen LogP contribution in [0, 0.1) is 11.3 Å². The molecule has 0 aliphatic rings. The van der Waals surface area contributed by atoms with E-state index in [0.29, 0.717) is 18.1 Å². The van der Waals surface area contributed by atoms with E-state index in [1.165, 1.54) is 11.8 Å². The van der Waals surface area contributed by atoms with E-state index < -0.39 is 0 Å². The fourth-order valence-corrected chi connectivity index (χ4v) is 1.40. The Labute approximate surface area is 82.6 Å². The maximum atomic E-state index is 8.26. The summed E-state index contributed by atoms with van der Waals surface area (Å²) in [5, 5.41) is 8.71. The van der Waals surface area contributed by atoms with Crippen LogP contribution >= 0.6 is 24.0 Å². The van der Waals surface area contributed by atoms with Gasteiger partial charge in [-0.05, 0) is 19.1 Å². The Morgan fingerprint density at radius 2 is 2.42 bits per heavy atom. The number of nitriles is 1. The molecule has 0 aliphatic heterocycles. The molecule has 0 aromatic heterocycles. The Bertz CT molecular complexity index is 208. The number of hydrogen-bond donors (Lipinski definition) is 0. The van der Waals surface area contributed by atoms with E-state index in [1.54, 1.807) is 0 Å². The summed E-state index contributed by atoms with van der Waals surface area (Å²) >= 11 is 6.37. The minimum Gasteiger partial charge on any atom is -0.483 e. The van der Waals surface area contributed by atoms with Crippen LogP contribution in [0.2, 0.25) is 0 Å². The predicted octanol–water partition coefficient (Wildman–Crippen LogP) is 2.51. The van der Waals surface area contributed by atoms with Crippen molar-refractivity contribution in [3.05, 3.63) is 11.5 Å². The summed E-state index contributed by atoms with van der Waals surface area (Å²) in [6, 6.07) is 2.05. The molecule has 4 heteroatoms. The van der Waals surface area contributed by atoms with Crippen LogP contribution < -0.4 is 0 Å². The zero-order valence-electron chi connectivity index (χ0n) is 7.00. The van der Waals surface area contributed by atoms with Crippen molar-refractivity contribution in [2.45, 2.75) is 13.3 Å². The molecule has 66 valence electrons. The molecule has 0 unspecified atom stereocenters. The maximum absolute atomic E-state index is 8.26. The summed E-state index contributed by atoms with van der Waals surface area (Å²) in [5.41, 5.74) is 0. The first-order chi connectivity index (χ1) is 5.72. The van der Waals surface area contributed by atoms with Crippen LogP contribution in [-0.2, 0) is 4.74 Å². The van der Waals surface area contributed by atoms with Crippen LogP contribution in [-0.4, -0.2) is 17.4 Å². The third kappa shape index (κ3) is 5.16. The fraction of sp³-hybridized carbons (Fsp3) is 0.500. The highest BCUT2D eigenvalue weighted by Gasteiger charge is 2.02. The molecule has 0 aromatic rings. The van der Waals surface area contributed by atoms with E-state index in [4.69, 9.17) is 22.2 Å². The Balaban J connectivity index is 3.59. The molecule has 0 saturated carbocycles. The van der Waals surface area contributed by atoms with Gasteiger partial charge in [0.2, 0.25) is 0 Å². The molecular weight excluding hydrogens is 190 g/mol. The smallest absolute Gasteiger partial charge is 0.197 e. The first kappa shape index (κ1) is 11.5. The molecule has 0 rings (SSSR count). The lowest BCUT2D eigenvalue weighted by molar-refractivity contribution is 0.338. The van der Waals surface area contributed by atoms with Crippen molar-refractivity contribution in [1.82, 2.24) is 0 Å². The highest BCUT2D eigenvalue weighted by atomic mass is 32.2. The van der Waals surface area contributed by atoms with E-state index in [0.717, 1.165) is 10.7 Å². The van der Waals surface area contributed by atoms with Gasteiger partial charge >= 0.3 is 0 Å². The summed E-state index contributed by atoms with van der Waals surface area (Å²) in [5.74, 6) is 0.725. The van der Waals surface area contributed by atoms with Crippen molar-refractivity contribution in [2.24, 2.45) is 0 Å². The SMILES string of the molecule is C=C(SCCC#N)C(=S)OCC. The van der Waals surface area contributed by atoms with Gasteiger partial charge < -0.3 is 4.74 Å². The second-order valence-corrected chi connectivity index (χ2v) is 3.46. The maximum Gasteiger partial charge on any atom is 0.197 e. The molecule has 0 amide bonds. The number of hydrogen-bond acceptors (Lipinski definition) is 4. The summed E-state index contributed by atoms with van der Waals surface area (Å²) in [6.45, 7) is 6.17. The Morgan fingerprint density at radius 1 is 1.75 bits per heavy atom. The van der Waals surface area contributed by atoms with Gasteiger partial charge in [-0.3, -0.25) is 0 Å². The fourth-order valence-electron chi connectivity index (χ4n) is 0.490. The van der Waals surface area contributed by atoms with Crippen molar-refractivity contribution in [2.75, 3.05) is 12.4 Å². The molecule has 0 atom stereocenters. The van der Waals surface area contributed by atoms with Crippen molar-refractivity contribution in [1.29, 1.82) is 5.26 Å². The number of ether oxygens (including phenoxy) is 1. The minimum atomic E-state index is 0.445. The Kier molecular flexibility index (Phi) is 6.82. The normalized spacial score (nSPS) is 8.67. The van der Waals surface area contributed by atoms with Crippen LogP contribution in [0.25, 0.3) is 0 Å². The molecule has 0 aromatic carbocycles. The topological polar surface area (TPSA) is 33.0 Å². The first-order valence-corrected chi connectivity index (χ1v) is 4.97. The third-order valence-corrected chi connectivity index (χ3v) is 2.43. The lowest BCUT2D eigenvalue weighted by Crippen LogP contribution is -2.01. The molecule has 0 saturated heterocycles. The van der Waals surface area contributed by atoms with Crippen LogP contribution in [0.3, 0.4) is 0 Å². The number of thioether (sulfide) groups is 1. The number of rotatable bonds is 5. The van der Waals surface area contributed by atoms with Gasteiger partial charge in [-0.2, -0.15) is 5.26 Å². The Hall–Kier alpha value is -0.530. The highest BCUT2D eigenvalue weighted by Crippen LogP contribution is 2.16. The summed E-state index contributed by atoms with van der Waals surface area (Å²) in [6.07, 6.45) is 0.512. The van der Waals surface area contributed by atoms with Crippen LogP contribution in [0.5, 0.6) is 0 Å². The second-order valence-electron chi connectivity index (χ2n) is 1.90. The van der Waals surface area contributed by atoms with Gasteiger partial charge in [0, 0.05) is 12.2 Å². The summed E-state index contributed by atoms with van der Waals surface area (Å²) < 4.78 is 5.06. The molecule has 0 fully saturated rings. The minimum absolute atomic E-state index is 0.445. The lowest BCUT2D eigenvalue weighted by atomic mass is 10.6. The van der Waals surface area contributed by atoms with Gasteiger partial charge in [0.1, 0.15) is 0 Å². The number of thiocarbonyl (C=S) groups is 1.